The first-order chi connectivity index (χ1) is 9.19. The molecule has 0 saturated heterocycles. The maximum absolute atomic E-state index is 5.71. The van der Waals surface area contributed by atoms with Crippen LogP contribution in [0.25, 0.3) is 0 Å². The molecule has 0 radical (unpaired) electrons. The number of hydrogen-bond donors (Lipinski definition) is 1. The molecule has 0 aliphatic rings. The molecule has 5 heteroatoms. The summed E-state index contributed by atoms with van der Waals surface area (Å²) >= 11 is 0. The molecule has 0 saturated carbocycles. The molecule has 0 spiro atoms. The Kier molecular flexibility index (Phi) is 4.52. The van der Waals surface area contributed by atoms with Crippen molar-refractivity contribution in [3.8, 4) is 11.6 Å². The van der Waals surface area contributed by atoms with Gasteiger partial charge in [-0.2, -0.15) is 5.10 Å². The van der Waals surface area contributed by atoms with Gasteiger partial charge in [-0.15, -0.1) is 0 Å². The first kappa shape index (κ1) is 13.5. The minimum atomic E-state index is 0.324. The van der Waals surface area contributed by atoms with E-state index in [1.165, 1.54) is 0 Å². The highest BCUT2D eigenvalue weighted by Crippen LogP contribution is 2.20. The van der Waals surface area contributed by atoms with E-state index in [-0.39, 0.29) is 0 Å². The van der Waals surface area contributed by atoms with Crippen molar-refractivity contribution in [1.29, 1.82) is 0 Å². The monoisotopic (exact) mass is 260 g/mol. The van der Waals surface area contributed by atoms with Gasteiger partial charge in [0.05, 0.1) is 18.1 Å². The van der Waals surface area contributed by atoms with Crippen LogP contribution in [-0.4, -0.2) is 21.3 Å². The molecule has 2 heterocycles. The van der Waals surface area contributed by atoms with Crippen molar-refractivity contribution < 1.29 is 4.74 Å². The second-order valence-electron chi connectivity index (χ2n) is 4.60. The number of pyridine rings is 1. The van der Waals surface area contributed by atoms with Gasteiger partial charge in [-0.05, 0) is 26.5 Å². The summed E-state index contributed by atoms with van der Waals surface area (Å²) in [4.78, 5) is 4.44. The molecule has 0 unspecified atom stereocenters. The molecule has 2 aromatic heterocycles. The van der Waals surface area contributed by atoms with E-state index in [1.807, 2.05) is 29.1 Å². The third-order valence-corrected chi connectivity index (χ3v) is 2.67. The summed E-state index contributed by atoms with van der Waals surface area (Å²) in [5.74, 6) is 1.31. The fraction of sp³-hybridized carbons (Fsp3) is 0.429. The average molecular weight is 260 g/mol. The van der Waals surface area contributed by atoms with Crippen molar-refractivity contribution in [3.05, 3.63) is 36.3 Å². The maximum Gasteiger partial charge on any atom is 0.219 e. The molecule has 0 aromatic carbocycles. The van der Waals surface area contributed by atoms with Gasteiger partial charge in [-0.3, -0.25) is 4.68 Å². The lowest BCUT2D eigenvalue weighted by molar-refractivity contribution is 0.456. The van der Waals surface area contributed by atoms with Crippen LogP contribution in [0.2, 0.25) is 0 Å². The molecule has 0 amide bonds. The molecule has 102 valence electrons. The molecule has 1 N–H and O–H groups in total. The second-order valence-corrected chi connectivity index (χ2v) is 4.60. The summed E-state index contributed by atoms with van der Waals surface area (Å²) in [5, 5.41) is 7.48. The fourth-order valence-electron chi connectivity index (χ4n) is 1.64. The van der Waals surface area contributed by atoms with Crippen LogP contribution >= 0.6 is 0 Å². The van der Waals surface area contributed by atoms with Crippen LogP contribution in [0.3, 0.4) is 0 Å². The quantitative estimate of drug-likeness (QED) is 0.867. The molecule has 19 heavy (non-hydrogen) atoms. The van der Waals surface area contributed by atoms with Gasteiger partial charge in [0.15, 0.2) is 5.75 Å². The predicted molar refractivity (Wildman–Crippen MR) is 74.3 cm³/mol. The van der Waals surface area contributed by atoms with Gasteiger partial charge >= 0.3 is 0 Å². The second kappa shape index (κ2) is 6.33. The Morgan fingerprint density at radius 1 is 1.37 bits per heavy atom. The van der Waals surface area contributed by atoms with Gasteiger partial charge in [-0.25, -0.2) is 4.98 Å². The first-order valence-corrected chi connectivity index (χ1v) is 6.57. The van der Waals surface area contributed by atoms with Gasteiger partial charge in [0.2, 0.25) is 5.88 Å². The van der Waals surface area contributed by atoms with Crippen LogP contribution < -0.4 is 10.1 Å². The number of nitrogens with one attached hydrogen (secondary N) is 1. The van der Waals surface area contributed by atoms with E-state index in [1.54, 1.807) is 6.20 Å². The van der Waals surface area contributed by atoms with Crippen molar-refractivity contribution >= 4 is 0 Å². The van der Waals surface area contributed by atoms with Crippen LogP contribution in [0.1, 0.15) is 32.5 Å². The highest BCUT2D eigenvalue weighted by atomic mass is 16.5. The van der Waals surface area contributed by atoms with Crippen LogP contribution in [-0.2, 0) is 6.54 Å². The lowest BCUT2D eigenvalue weighted by atomic mass is 10.3. The molecule has 0 aliphatic heterocycles. The summed E-state index contributed by atoms with van der Waals surface area (Å²) in [6.45, 7) is 7.89. The van der Waals surface area contributed by atoms with Crippen molar-refractivity contribution in [3.63, 3.8) is 0 Å². The van der Waals surface area contributed by atoms with Crippen molar-refractivity contribution in [1.82, 2.24) is 20.1 Å². The van der Waals surface area contributed by atoms with Crippen LogP contribution in [0.5, 0.6) is 11.6 Å². The zero-order valence-corrected chi connectivity index (χ0v) is 11.6. The van der Waals surface area contributed by atoms with E-state index in [2.05, 4.69) is 36.2 Å². The van der Waals surface area contributed by atoms with E-state index in [0.717, 1.165) is 18.8 Å². The third kappa shape index (κ3) is 3.79. The Morgan fingerprint density at radius 3 is 2.89 bits per heavy atom. The summed E-state index contributed by atoms with van der Waals surface area (Å²) in [5.41, 5.74) is 0.968. The van der Waals surface area contributed by atoms with Gasteiger partial charge in [0.1, 0.15) is 0 Å². The normalized spacial score (nSPS) is 10.9. The van der Waals surface area contributed by atoms with E-state index in [4.69, 9.17) is 4.74 Å². The summed E-state index contributed by atoms with van der Waals surface area (Å²) in [7, 11) is 0. The Labute approximate surface area is 113 Å². The molecule has 2 aromatic rings. The first-order valence-electron chi connectivity index (χ1n) is 6.57. The van der Waals surface area contributed by atoms with Gasteiger partial charge < -0.3 is 10.1 Å². The molecule has 0 bridgehead atoms. The number of hydrogen-bond acceptors (Lipinski definition) is 4. The Morgan fingerprint density at radius 2 is 2.21 bits per heavy atom. The van der Waals surface area contributed by atoms with E-state index in [0.29, 0.717) is 17.7 Å². The van der Waals surface area contributed by atoms with Crippen LogP contribution in [0, 0.1) is 0 Å². The number of nitrogens with zero attached hydrogens (tertiary/aromatic N) is 3. The predicted octanol–water partition coefficient (Wildman–Crippen LogP) is 2.76. The fourth-order valence-corrected chi connectivity index (χ4v) is 1.64. The Hall–Kier alpha value is -1.88. The summed E-state index contributed by atoms with van der Waals surface area (Å²) in [6.07, 6.45) is 3.59. The molecular formula is C14H20N4O. The van der Waals surface area contributed by atoms with Crippen LogP contribution in [0.15, 0.2) is 30.6 Å². The SMILES string of the molecule is CCNCc1cccc(Oc2cnn(C(C)C)c2)n1. The largest absolute Gasteiger partial charge is 0.436 e. The molecule has 0 aliphatic carbocycles. The standard InChI is InChI=1S/C14H20N4O/c1-4-15-8-12-6-5-7-14(17-12)19-13-9-16-18(10-13)11(2)3/h5-7,9-11,15H,4,8H2,1-3H3. The van der Waals surface area contributed by atoms with Crippen molar-refractivity contribution in [2.24, 2.45) is 0 Å². The molecule has 0 fully saturated rings. The minimum absolute atomic E-state index is 0.324. The average Bonchev–Trinajstić information content (AvgIpc) is 2.85. The summed E-state index contributed by atoms with van der Waals surface area (Å²) in [6, 6.07) is 6.10. The smallest absolute Gasteiger partial charge is 0.219 e. The van der Waals surface area contributed by atoms with Crippen LogP contribution in [0.4, 0.5) is 0 Å². The minimum Gasteiger partial charge on any atom is -0.436 e. The van der Waals surface area contributed by atoms with E-state index >= 15 is 0 Å². The highest BCUT2D eigenvalue weighted by Gasteiger charge is 2.05. The maximum atomic E-state index is 5.71. The third-order valence-electron chi connectivity index (χ3n) is 2.67. The van der Waals surface area contributed by atoms with E-state index < -0.39 is 0 Å². The Balaban J connectivity index is 2.05. The van der Waals surface area contributed by atoms with Gasteiger partial charge in [0.25, 0.3) is 0 Å². The molecular weight excluding hydrogens is 240 g/mol. The van der Waals surface area contributed by atoms with Gasteiger partial charge in [0, 0.05) is 18.7 Å². The number of aromatic nitrogens is 3. The van der Waals surface area contributed by atoms with Crippen molar-refractivity contribution in [2.45, 2.75) is 33.4 Å². The molecule has 0 atom stereocenters. The lowest BCUT2D eigenvalue weighted by Crippen LogP contribution is -2.12. The molecule has 2 rings (SSSR count). The number of rotatable bonds is 6. The molecule has 5 nitrogen and oxygen atoms in total. The van der Waals surface area contributed by atoms with E-state index in [9.17, 15) is 0 Å². The highest BCUT2D eigenvalue weighted by molar-refractivity contribution is 5.23. The summed E-state index contributed by atoms with van der Waals surface area (Å²) < 4.78 is 7.57. The zero-order valence-electron chi connectivity index (χ0n) is 11.6. The van der Waals surface area contributed by atoms with Crippen molar-refractivity contribution in [2.75, 3.05) is 6.54 Å². The number of ether oxygens (including phenoxy) is 1. The Bertz CT molecular complexity index is 522. The topological polar surface area (TPSA) is 52.0 Å². The zero-order chi connectivity index (χ0) is 13.7. The lowest BCUT2D eigenvalue weighted by Gasteiger charge is -2.05. The van der Waals surface area contributed by atoms with Gasteiger partial charge in [-0.1, -0.05) is 13.0 Å².